The molecule has 0 fully saturated rings. The molecule has 0 amide bonds. The first-order chi connectivity index (χ1) is 4.54. The fraction of sp³-hybridized carbons (Fsp3) is 1.00. The molecule has 10 heavy (non-hydrogen) atoms. The third kappa shape index (κ3) is 24.1. The van der Waals surface area contributed by atoms with Gasteiger partial charge in [-0.2, -0.15) is 0 Å². The Balaban J connectivity index is 0. The van der Waals surface area contributed by atoms with Gasteiger partial charge in [0, 0.05) is 0 Å². The quantitative estimate of drug-likeness (QED) is 0.254. The zero-order valence-electron chi connectivity index (χ0n) is 5.38. The lowest BCUT2D eigenvalue weighted by Crippen LogP contribution is -2.27. The molecule has 0 saturated carbocycles. The molecule has 8 N–H and O–H groups in total. The molecule has 0 radical (unpaired) electrons. The number of aliphatic hydroxyl groups is 2. The Hall–Kier alpha value is 0.190. The maximum Gasteiger partial charge on any atom is 0.247 e. The Morgan fingerprint density at radius 1 is 1.20 bits per heavy atom. The predicted molar refractivity (Wildman–Crippen MR) is 37.7 cm³/mol. The highest BCUT2D eigenvalue weighted by molar-refractivity contribution is 7.42. The van der Waals surface area contributed by atoms with Gasteiger partial charge in [-0.25, -0.2) is 0 Å². The first kappa shape index (κ1) is 12.8. The highest BCUT2D eigenvalue weighted by atomic mass is 31.2. The van der Waals surface area contributed by atoms with Crippen LogP contribution in [0.2, 0.25) is 0 Å². The molecule has 7 heteroatoms. The van der Waals surface area contributed by atoms with Gasteiger partial charge in [0.15, 0.2) is 0 Å². The molecule has 0 unspecified atom stereocenters. The average molecular weight is 172 g/mol. The third-order valence-corrected chi connectivity index (χ3v) is 0.469. The van der Waals surface area contributed by atoms with Crippen LogP contribution in [0.3, 0.4) is 0 Å². The van der Waals surface area contributed by atoms with E-state index in [0.717, 1.165) is 0 Å². The molecule has 0 aromatic heterocycles. The lowest BCUT2D eigenvalue weighted by atomic mass is 10.4. The zero-order chi connectivity index (χ0) is 8.57. The summed E-state index contributed by atoms with van der Waals surface area (Å²) in [7, 11) is -2.12. The fourth-order valence-electron chi connectivity index (χ4n) is 0.0577. The van der Waals surface area contributed by atoms with E-state index in [4.69, 9.17) is 25.7 Å². The van der Waals surface area contributed by atoms with Gasteiger partial charge >= 0.3 is 0 Å². The average Bonchev–Trinajstić information content (AvgIpc) is 1.85. The van der Waals surface area contributed by atoms with Gasteiger partial charge in [0.25, 0.3) is 0 Å². The summed E-state index contributed by atoms with van der Waals surface area (Å²) in [6.07, 6.45) is 0. The molecule has 0 atom stereocenters. The van der Waals surface area contributed by atoms with E-state index in [1.165, 1.54) is 0 Å². The minimum atomic E-state index is -2.12. The standard InChI is InChI=1S/C3H9NO2.H4NO2P/c4-3(1-5)2-6;1-4(2)3/h3,5-6H,1-2,4H2;2-3H,1H2. The SMILES string of the molecule is NC(CO)CO.NP(O)O. The van der Waals surface area contributed by atoms with Crippen molar-refractivity contribution in [3.8, 4) is 0 Å². The van der Waals surface area contributed by atoms with Crippen molar-refractivity contribution in [1.82, 2.24) is 0 Å². The zero-order valence-corrected chi connectivity index (χ0v) is 6.28. The predicted octanol–water partition coefficient (Wildman–Crippen LogP) is -2.55. The van der Waals surface area contributed by atoms with Crippen LogP contribution >= 0.6 is 8.53 Å². The summed E-state index contributed by atoms with van der Waals surface area (Å²) in [6.45, 7) is -0.285. The molecule has 0 saturated heterocycles. The Bertz CT molecular complexity index is 57.7. The van der Waals surface area contributed by atoms with Crippen LogP contribution in [0.15, 0.2) is 0 Å². The maximum atomic E-state index is 8.05. The summed E-state index contributed by atoms with van der Waals surface area (Å²) in [5.41, 5.74) is 9.26. The van der Waals surface area contributed by atoms with Crippen LogP contribution in [0.25, 0.3) is 0 Å². The van der Waals surface area contributed by atoms with Crippen molar-refractivity contribution < 1.29 is 20.0 Å². The molecule has 0 aliphatic rings. The summed E-state index contributed by atoms with van der Waals surface area (Å²) in [5.74, 6) is 0. The lowest BCUT2D eigenvalue weighted by molar-refractivity contribution is 0.194. The van der Waals surface area contributed by atoms with Crippen molar-refractivity contribution in [2.24, 2.45) is 11.2 Å². The number of hydrogen-bond acceptors (Lipinski definition) is 6. The van der Waals surface area contributed by atoms with Crippen molar-refractivity contribution in [2.45, 2.75) is 6.04 Å². The van der Waals surface area contributed by atoms with Gasteiger partial charge in [0.05, 0.1) is 19.3 Å². The van der Waals surface area contributed by atoms with Gasteiger partial charge < -0.3 is 25.7 Å². The second kappa shape index (κ2) is 9.19. The summed E-state index contributed by atoms with van der Waals surface area (Å²) in [5, 5.41) is 16.1. The molecule has 0 aliphatic heterocycles. The van der Waals surface area contributed by atoms with Crippen LogP contribution in [-0.2, 0) is 0 Å². The first-order valence-electron chi connectivity index (χ1n) is 2.44. The van der Waals surface area contributed by atoms with E-state index < -0.39 is 14.6 Å². The summed E-state index contributed by atoms with van der Waals surface area (Å²) in [6, 6.07) is -0.454. The minimum Gasteiger partial charge on any atom is -0.395 e. The van der Waals surface area contributed by atoms with Gasteiger partial charge in [-0.3, -0.25) is 5.50 Å². The molecular weight excluding hydrogens is 159 g/mol. The molecular formula is C3H13N2O4P. The normalized spacial score (nSPS) is 9.60. The van der Waals surface area contributed by atoms with E-state index in [9.17, 15) is 0 Å². The number of aliphatic hydroxyl groups excluding tert-OH is 2. The topological polar surface area (TPSA) is 133 Å². The highest BCUT2D eigenvalue weighted by Gasteiger charge is 1.91. The maximum absolute atomic E-state index is 8.05. The van der Waals surface area contributed by atoms with E-state index in [2.05, 4.69) is 5.50 Å². The van der Waals surface area contributed by atoms with Crippen LogP contribution in [-0.4, -0.2) is 39.3 Å². The second-order valence-electron chi connectivity index (χ2n) is 1.45. The molecule has 64 valence electrons. The van der Waals surface area contributed by atoms with E-state index in [1.807, 2.05) is 0 Å². The monoisotopic (exact) mass is 172 g/mol. The van der Waals surface area contributed by atoms with Crippen LogP contribution in [0, 0.1) is 0 Å². The van der Waals surface area contributed by atoms with Crippen LogP contribution in [0.1, 0.15) is 0 Å². The number of hydrogen-bond donors (Lipinski definition) is 6. The van der Waals surface area contributed by atoms with Crippen LogP contribution in [0.5, 0.6) is 0 Å². The molecule has 0 heterocycles. The van der Waals surface area contributed by atoms with Crippen molar-refractivity contribution >= 4 is 8.53 Å². The van der Waals surface area contributed by atoms with Crippen LogP contribution < -0.4 is 11.2 Å². The van der Waals surface area contributed by atoms with E-state index in [-0.39, 0.29) is 13.2 Å². The molecule has 0 spiro atoms. The smallest absolute Gasteiger partial charge is 0.247 e. The Morgan fingerprint density at radius 2 is 1.40 bits per heavy atom. The second-order valence-corrected chi connectivity index (χ2v) is 2.09. The van der Waals surface area contributed by atoms with E-state index in [1.54, 1.807) is 0 Å². The largest absolute Gasteiger partial charge is 0.395 e. The van der Waals surface area contributed by atoms with Gasteiger partial charge in [-0.1, -0.05) is 0 Å². The highest BCUT2D eigenvalue weighted by Crippen LogP contribution is 2.05. The Morgan fingerprint density at radius 3 is 1.40 bits per heavy atom. The molecule has 0 bridgehead atoms. The Labute approximate surface area is 60.1 Å². The molecule has 6 nitrogen and oxygen atoms in total. The number of nitrogens with two attached hydrogens (primary N) is 2. The van der Waals surface area contributed by atoms with Crippen molar-refractivity contribution in [1.29, 1.82) is 0 Å². The van der Waals surface area contributed by atoms with Crippen molar-refractivity contribution in [3.05, 3.63) is 0 Å². The molecule has 0 aliphatic carbocycles. The van der Waals surface area contributed by atoms with Crippen molar-refractivity contribution in [2.75, 3.05) is 13.2 Å². The van der Waals surface area contributed by atoms with Crippen molar-refractivity contribution in [3.63, 3.8) is 0 Å². The fourth-order valence-corrected chi connectivity index (χ4v) is 0.0577. The van der Waals surface area contributed by atoms with Crippen LogP contribution in [0.4, 0.5) is 0 Å². The lowest BCUT2D eigenvalue weighted by Gasteiger charge is -1.98. The van der Waals surface area contributed by atoms with E-state index >= 15 is 0 Å². The van der Waals surface area contributed by atoms with Gasteiger partial charge in [0.1, 0.15) is 0 Å². The summed E-state index contributed by atoms with van der Waals surface area (Å²) in [4.78, 5) is 14.9. The number of rotatable bonds is 2. The van der Waals surface area contributed by atoms with Gasteiger partial charge in [-0.05, 0) is 0 Å². The molecule has 0 rings (SSSR count). The first-order valence-corrected chi connectivity index (χ1v) is 3.76. The third-order valence-electron chi connectivity index (χ3n) is 0.469. The van der Waals surface area contributed by atoms with Gasteiger partial charge in [-0.15, -0.1) is 0 Å². The van der Waals surface area contributed by atoms with E-state index in [0.29, 0.717) is 0 Å². The minimum absolute atomic E-state index is 0.142. The summed E-state index contributed by atoms with van der Waals surface area (Å²) < 4.78 is 0. The Kier molecular flexibility index (Phi) is 11.8. The molecule has 0 aromatic carbocycles. The van der Waals surface area contributed by atoms with Gasteiger partial charge in [0.2, 0.25) is 8.53 Å². The molecule has 0 aromatic rings. The summed E-state index contributed by atoms with van der Waals surface area (Å²) >= 11 is 0.